The summed E-state index contributed by atoms with van der Waals surface area (Å²) in [5.41, 5.74) is 4.75. The molecule has 1 aromatic carbocycles. The number of para-hydroxylation sites is 1. The lowest BCUT2D eigenvalue weighted by atomic mass is 9.97. The van der Waals surface area contributed by atoms with Gasteiger partial charge in [0.05, 0.1) is 22.6 Å². The zero-order valence-corrected chi connectivity index (χ0v) is 15.8. The molecule has 0 aliphatic carbocycles. The van der Waals surface area contributed by atoms with E-state index in [-0.39, 0.29) is 23.8 Å². The molecule has 0 unspecified atom stereocenters. The summed E-state index contributed by atoms with van der Waals surface area (Å²) in [7, 11) is 0. The third-order valence-electron chi connectivity index (χ3n) is 4.03. The second-order valence-electron chi connectivity index (χ2n) is 7.28. The number of amides is 1. The highest BCUT2D eigenvalue weighted by molar-refractivity contribution is 5.97. The standard InChI is InChI=1S/C20H29N3O/c1-12(2)18-17(20(24)21-14(5)6)19(13(3)4)23(22-18)16-11-9-8-10-15(16)7/h8-14H,1-7H3,(H,21,24). The molecule has 0 spiro atoms. The highest BCUT2D eigenvalue weighted by Crippen LogP contribution is 2.30. The Morgan fingerprint density at radius 3 is 2.17 bits per heavy atom. The molecule has 0 saturated heterocycles. The Morgan fingerprint density at radius 1 is 1.04 bits per heavy atom. The molecule has 0 bridgehead atoms. The molecule has 0 radical (unpaired) electrons. The van der Waals surface area contributed by atoms with Crippen LogP contribution in [0, 0.1) is 6.92 Å². The highest BCUT2D eigenvalue weighted by Gasteiger charge is 2.28. The summed E-state index contributed by atoms with van der Waals surface area (Å²) >= 11 is 0. The van der Waals surface area contributed by atoms with Crippen molar-refractivity contribution in [3.63, 3.8) is 0 Å². The Bertz CT molecular complexity index is 726. The fraction of sp³-hybridized carbons (Fsp3) is 0.500. The lowest BCUT2D eigenvalue weighted by molar-refractivity contribution is 0.0940. The molecule has 0 atom stereocenters. The predicted octanol–water partition coefficient (Wildman–Crippen LogP) is 4.57. The molecule has 2 rings (SSSR count). The molecule has 24 heavy (non-hydrogen) atoms. The second kappa shape index (κ2) is 7.20. The number of hydrogen-bond donors (Lipinski definition) is 1. The molecule has 0 aliphatic heterocycles. The van der Waals surface area contributed by atoms with E-state index in [0.29, 0.717) is 0 Å². The van der Waals surface area contributed by atoms with Gasteiger partial charge in [-0.3, -0.25) is 4.79 Å². The van der Waals surface area contributed by atoms with Gasteiger partial charge >= 0.3 is 0 Å². The number of aromatic nitrogens is 2. The summed E-state index contributed by atoms with van der Waals surface area (Å²) in [6.07, 6.45) is 0. The van der Waals surface area contributed by atoms with Gasteiger partial charge in [-0.05, 0) is 44.2 Å². The van der Waals surface area contributed by atoms with Gasteiger partial charge in [-0.15, -0.1) is 0 Å². The van der Waals surface area contributed by atoms with Crippen molar-refractivity contribution in [3.05, 3.63) is 46.8 Å². The monoisotopic (exact) mass is 327 g/mol. The Hall–Kier alpha value is -2.10. The minimum atomic E-state index is -0.0303. The smallest absolute Gasteiger partial charge is 0.255 e. The largest absolute Gasteiger partial charge is 0.350 e. The zero-order valence-electron chi connectivity index (χ0n) is 15.8. The fourth-order valence-electron chi connectivity index (χ4n) is 2.94. The van der Waals surface area contributed by atoms with E-state index in [1.54, 1.807) is 0 Å². The normalized spacial score (nSPS) is 11.6. The summed E-state index contributed by atoms with van der Waals surface area (Å²) in [4.78, 5) is 12.9. The van der Waals surface area contributed by atoms with Crippen molar-refractivity contribution in [2.45, 2.75) is 66.3 Å². The van der Waals surface area contributed by atoms with Crippen LogP contribution in [0.5, 0.6) is 0 Å². The minimum absolute atomic E-state index is 0.0303. The van der Waals surface area contributed by atoms with Gasteiger partial charge in [-0.2, -0.15) is 5.10 Å². The van der Waals surface area contributed by atoms with Crippen molar-refractivity contribution in [2.24, 2.45) is 0 Å². The third-order valence-corrected chi connectivity index (χ3v) is 4.03. The first-order valence-electron chi connectivity index (χ1n) is 8.73. The molecule has 0 saturated carbocycles. The van der Waals surface area contributed by atoms with Crippen LogP contribution < -0.4 is 5.32 Å². The maximum Gasteiger partial charge on any atom is 0.255 e. The Kier molecular flexibility index (Phi) is 5.47. The number of hydrogen-bond acceptors (Lipinski definition) is 2. The summed E-state index contributed by atoms with van der Waals surface area (Å²) in [6, 6.07) is 8.26. The Balaban J connectivity index is 2.74. The van der Waals surface area contributed by atoms with E-state index in [9.17, 15) is 4.79 Å². The molecule has 130 valence electrons. The topological polar surface area (TPSA) is 46.9 Å². The van der Waals surface area contributed by atoms with Crippen molar-refractivity contribution in [1.29, 1.82) is 0 Å². The lowest BCUT2D eigenvalue weighted by Crippen LogP contribution is -2.31. The van der Waals surface area contributed by atoms with Gasteiger partial charge in [0.1, 0.15) is 0 Å². The minimum Gasteiger partial charge on any atom is -0.350 e. The SMILES string of the molecule is Cc1ccccc1-n1nc(C(C)C)c(C(=O)NC(C)C)c1C(C)C. The quantitative estimate of drug-likeness (QED) is 0.874. The van der Waals surface area contributed by atoms with Gasteiger partial charge < -0.3 is 5.32 Å². The molecule has 2 aromatic rings. The van der Waals surface area contributed by atoms with Crippen LogP contribution in [0.4, 0.5) is 0 Å². The van der Waals surface area contributed by atoms with Gasteiger partial charge in [-0.1, -0.05) is 45.9 Å². The van der Waals surface area contributed by atoms with Gasteiger partial charge in [0.25, 0.3) is 5.91 Å². The summed E-state index contributed by atoms with van der Waals surface area (Å²) < 4.78 is 1.96. The molecule has 1 heterocycles. The summed E-state index contributed by atoms with van der Waals surface area (Å²) in [5.74, 6) is 0.343. The van der Waals surface area contributed by atoms with Crippen LogP contribution in [-0.4, -0.2) is 21.7 Å². The first-order valence-corrected chi connectivity index (χ1v) is 8.73. The molecule has 1 aromatic heterocycles. The molecule has 0 fully saturated rings. The van der Waals surface area contributed by atoms with E-state index in [0.717, 1.165) is 28.2 Å². The fourth-order valence-corrected chi connectivity index (χ4v) is 2.94. The van der Waals surface area contributed by atoms with E-state index in [4.69, 9.17) is 5.10 Å². The van der Waals surface area contributed by atoms with Crippen molar-refractivity contribution in [3.8, 4) is 5.69 Å². The first kappa shape index (κ1) is 18.2. The van der Waals surface area contributed by atoms with Crippen molar-refractivity contribution in [2.75, 3.05) is 0 Å². The summed E-state index contributed by atoms with van der Waals surface area (Å²) in [5, 5.41) is 7.88. The molecule has 0 aliphatic rings. The van der Waals surface area contributed by atoms with Crippen molar-refractivity contribution in [1.82, 2.24) is 15.1 Å². The Labute approximate surface area is 145 Å². The average Bonchev–Trinajstić information content (AvgIpc) is 2.87. The number of benzene rings is 1. The average molecular weight is 327 g/mol. The van der Waals surface area contributed by atoms with Crippen LogP contribution in [0.3, 0.4) is 0 Å². The van der Waals surface area contributed by atoms with E-state index in [1.807, 2.05) is 30.7 Å². The first-order chi connectivity index (χ1) is 11.2. The van der Waals surface area contributed by atoms with E-state index in [1.165, 1.54) is 0 Å². The number of carbonyl (C=O) groups is 1. The third kappa shape index (κ3) is 3.53. The molecule has 4 nitrogen and oxygen atoms in total. The van der Waals surface area contributed by atoms with Gasteiger partial charge in [0.15, 0.2) is 0 Å². The number of nitrogens with zero attached hydrogens (tertiary/aromatic N) is 2. The number of aryl methyl sites for hydroxylation is 1. The molecule has 1 N–H and O–H groups in total. The van der Waals surface area contributed by atoms with Crippen LogP contribution >= 0.6 is 0 Å². The van der Waals surface area contributed by atoms with Crippen LogP contribution in [-0.2, 0) is 0 Å². The van der Waals surface area contributed by atoms with E-state index in [2.05, 4.69) is 52.1 Å². The van der Waals surface area contributed by atoms with Crippen LogP contribution in [0.2, 0.25) is 0 Å². The summed E-state index contributed by atoms with van der Waals surface area (Å²) in [6.45, 7) is 14.4. The number of rotatable bonds is 5. The highest BCUT2D eigenvalue weighted by atomic mass is 16.1. The number of carbonyl (C=O) groups excluding carboxylic acids is 1. The van der Waals surface area contributed by atoms with Gasteiger partial charge in [0, 0.05) is 6.04 Å². The molecule has 4 heteroatoms. The van der Waals surface area contributed by atoms with Crippen LogP contribution in [0.1, 0.15) is 80.7 Å². The predicted molar refractivity (Wildman–Crippen MR) is 99.1 cm³/mol. The number of nitrogens with one attached hydrogen (secondary N) is 1. The van der Waals surface area contributed by atoms with Crippen LogP contribution in [0.25, 0.3) is 5.69 Å². The van der Waals surface area contributed by atoms with E-state index >= 15 is 0 Å². The zero-order chi connectivity index (χ0) is 18.0. The Morgan fingerprint density at radius 2 is 1.67 bits per heavy atom. The van der Waals surface area contributed by atoms with Gasteiger partial charge in [0.2, 0.25) is 0 Å². The van der Waals surface area contributed by atoms with Gasteiger partial charge in [-0.25, -0.2) is 4.68 Å². The molecule has 1 amide bonds. The van der Waals surface area contributed by atoms with Crippen molar-refractivity contribution >= 4 is 5.91 Å². The molecular weight excluding hydrogens is 298 g/mol. The van der Waals surface area contributed by atoms with Crippen molar-refractivity contribution < 1.29 is 4.79 Å². The maximum absolute atomic E-state index is 12.9. The van der Waals surface area contributed by atoms with Crippen LogP contribution in [0.15, 0.2) is 24.3 Å². The van der Waals surface area contributed by atoms with E-state index < -0.39 is 0 Å². The molecular formula is C20H29N3O. The lowest BCUT2D eigenvalue weighted by Gasteiger charge is -2.15. The maximum atomic E-state index is 12.9. The second-order valence-corrected chi connectivity index (χ2v) is 7.28.